The Morgan fingerprint density at radius 2 is 2.09 bits per heavy atom. The van der Waals surface area contributed by atoms with Gasteiger partial charge in [-0.2, -0.15) is 0 Å². The highest BCUT2D eigenvalue weighted by atomic mass is 16.5. The molecular formula is C17H25N3O3. The van der Waals surface area contributed by atoms with E-state index in [1.165, 1.54) is 0 Å². The quantitative estimate of drug-likeness (QED) is 0.778. The van der Waals surface area contributed by atoms with Gasteiger partial charge in [-0.05, 0) is 32.8 Å². The second kappa shape index (κ2) is 8.41. The first-order chi connectivity index (χ1) is 11.1. The summed E-state index contributed by atoms with van der Waals surface area (Å²) in [4.78, 5) is 23.6. The first-order valence-corrected chi connectivity index (χ1v) is 8.11. The zero-order valence-electron chi connectivity index (χ0n) is 13.7. The number of benzene rings is 1. The molecule has 1 aliphatic heterocycles. The number of carbonyl (C=O) groups excluding carboxylic acids is 2. The number of nitrogens with one attached hydrogen (secondary N) is 3. The van der Waals surface area contributed by atoms with Crippen molar-refractivity contribution in [3.63, 3.8) is 0 Å². The largest absolute Gasteiger partial charge is 0.493 e. The Hall–Kier alpha value is -2.24. The minimum absolute atomic E-state index is 0.0616. The maximum atomic E-state index is 12.0. The molecule has 1 aromatic carbocycles. The van der Waals surface area contributed by atoms with E-state index in [0.717, 1.165) is 24.2 Å². The average molecular weight is 319 g/mol. The van der Waals surface area contributed by atoms with Gasteiger partial charge in [-0.1, -0.05) is 18.2 Å². The first kappa shape index (κ1) is 17.1. The summed E-state index contributed by atoms with van der Waals surface area (Å²) in [5, 5.41) is 8.49. The van der Waals surface area contributed by atoms with E-state index in [-0.39, 0.29) is 30.4 Å². The molecule has 0 saturated carbocycles. The molecule has 0 radical (unpaired) electrons. The van der Waals surface area contributed by atoms with Gasteiger partial charge in [0, 0.05) is 24.6 Å². The van der Waals surface area contributed by atoms with Crippen LogP contribution >= 0.6 is 0 Å². The van der Waals surface area contributed by atoms with Gasteiger partial charge in [-0.25, -0.2) is 4.79 Å². The second-order valence-corrected chi connectivity index (χ2v) is 5.95. The summed E-state index contributed by atoms with van der Waals surface area (Å²) in [5.74, 6) is 0.764. The van der Waals surface area contributed by atoms with E-state index in [4.69, 9.17) is 4.74 Å². The average Bonchev–Trinajstić information content (AvgIpc) is 2.69. The monoisotopic (exact) mass is 319 g/mol. The minimum Gasteiger partial charge on any atom is -0.493 e. The predicted octanol–water partition coefficient (Wildman–Crippen LogP) is 2.11. The standard InChI is InChI=1S/C17H25N3O3/c1-12(2)19-16(21)9-10-18-17(22)20-14-7-5-11-23-15-8-4-3-6-13(14)15/h3-4,6,8,12,14H,5,7,9-11H2,1-2H3,(H,19,21)(H2,18,20,22). The summed E-state index contributed by atoms with van der Waals surface area (Å²) in [5.41, 5.74) is 0.998. The van der Waals surface area contributed by atoms with Gasteiger partial charge < -0.3 is 20.7 Å². The van der Waals surface area contributed by atoms with Crippen molar-refractivity contribution in [2.45, 2.75) is 45.2 Å². The molecule has 3 N–H and O–H groups in total. The fraction of sp³-hybridized carbons (Fsp3) is 0.529. The highest BCUT2D eigenvalue weighted by Crippen LogP contribution is 2.30. The smallest absolute Gasteiger partial charge is 0.315 e. The van der Waals surface area contributed by atoms with E-state index in [9.17, 15) is 9.59 Å². The molecule has 23 heavy (non-hydrogen) atoms. The van der Waals surface area contributed by atoms with Crippen LogP contribution in [0.2, 0.25) is 0 Å². The van der Waals surface area contributed by atoms with Gasteiger partial charge in [-0.15, -0.1) is 0 Å². The Kier molecular flexibility index (Phi) is 6.26. The number of urea groups is 1. The van der Waals surface area contributed by atoms with Crippen LogP contribution in [0, 0.1) is 0 Å². The SMILES string of the molecule is CC(C)NC(=O)CCNC(=O)NC1CCCOc2ccccc21. The van der Waals surface area contributed by atoms with Crippen LogP contribution in [0.25, 0.3) is 0 Å². The lowest BCUT2D eigenvalue weighted by molar-refractivity contribution is -0.121. The van der Waals surface area contributed by atoms with Gasteiger partial charge in [0.25, 0.3) is 0 Å². The van der Waals surface area contributed by atoms with E-state index >= 15 is 0 Å². The number of carbonyl (C=O) groups is 2. The number of hydrogen-bond donors (Lipinski definition) is 3. The molecule has 0 spiro atoms. The molecule has 1 heterocycles. The van der Waals surface area contributed by atoms with Crippen molar-refractivity contribution >= 4 is 11.9 Å². The van der Waals surface area contributed by atoms with Crippen LogP contribution in [0.1, 0.15) is 44.7 Å². The van der Waals surface area contributed by atoms with Crippen molar-refractivity contribution in [3.05, 3.63) is 29.8 Å². The molecular weight excluding hydrogens is 294 g/mol. The van der Waals surface area contributed by atoms with Crippen molar-refractivity contribution in [1.82, 2.24) is 16.0 Å². The van der Waals surface area contributed by atoms with Gasteiger partial charge in [0.15, 0.2) is 0 Å². The Morgan fingerprint density at radius 1 is 1.30 bits per heavy atom. The molecule has 0 bridgehead atoms. The summed E-state index contributed by atoms with van der Waals surface area (Å²) in [7, 11) is 0. The van der Waals surface area contributed by atoms with E-state index in [1.54, 1.807) is 0 Å². The van der Waals surface area contributed by atoms with Crippen molar-refractivity contribution < 1.29 is 14.3 Å². The zero-order valence-corrected chi connectivity index (χ0v) is 13.7. The van der Waals surface area contributed by atoms with E-state index in [1.807, 2.05) is 38.1 Å². The van der Waals surface area contributed by atoms with Crippen LogP contribution in [-0.2, 0) is 4.79 Å². The third-order valence-electron chi connectivity index (χ3n) is 3.58. The third-order valence-corrected chi connectivity index (χ3v) is 3.58. The van der Waals surface area contributed by atoms with Crippen molar-refractivity contribution in [2.75, 3.05) is 13.2 Å². The number of para-hydroxylation sites is 1. The van der Waals surface area contributed by atoms with E-state index in [0.29, 0.717) is 13.2 Å². The van der Waals surface area contributed by atoms with Gasteiger partial charge >= 0.3 is 6.03 Å². The number of ether oxygens (including phenoxy) is 1. The fourth-order valence-corrected chi connectivity index (χ4v) is 2.57. The molecule has 0 saturated heterocycles. The Morgan fingerprint density at radius 3 is 2.87 bits per heavy atom. The molecule has 1 unspecified atom stereocenters. The Labute approximate surface area is 137 Å². The number of fused-ring (bicyclic) bond motifs is 1. The number of hydrogen-bond acceptors (Lipinski definition) is 3. The molecule has 1 aliphatic rings. The molecule has 6 heteroatoms. The summed E-state index contributed by atoms with van der Waals surface area (Å²) in [6.07, 6.45) is 1.99. The number of rotatable bonds is 5. The summed E-state index contributed by atoms with van der Waals surface area (Å²) in [6, 6.07) is 7.54. The Balaban J connectivity index is 1.82. The first-order valence-electron chi connectivity index (χ1n) is 8.11. The van der Waals surface area contributed by atoms with Crippen LogP contribution in [0.15, 0.2) is 24.3 Å². The van der Waals surface area contributed by atoms with E-state index in [2.05, 4.69) is 16.0 Å². The van der Waals surface area contributed by atoms with Gasteiger partial charge in [-0.3, -0.25) is 4.79 Å². The minimum atomic E-state index is -0.260. The number of amides is 3. The molecule has 2 rings (SSSR count). The third kappa shape index (κ3) is 5.47. The lowest BCUT2D eigenvalue weighted by Crippen LogP contribution is -2.40. The van der Waals surface area contributed by atoms with Crippen LogP contribution < -0.4 is 20.7 Å². The molecule has 0 fully saturated rings. The molecule has 6 nitrogen and oxygen atoms in total. The van der Waals surface area contributed by atoms with E-state index < -0.39 is 0 Å². The maximum Gasteiger partial charge on any atom is 0.315 e. The van der Waals surface area contributed by atoms with Gasteiger partial charge in [0.1, 0.15) is 5.75 Å². The highest BCUT2D eigenvalue weighted by Gasteiger charge is 2.20. The van der Waals surface area contributed by atoms with Crippen molar-refractivity contribution in [3.8, 4) is 5.75 Å². The Bertz CT molecular complexity index is 546. The molecule has 1 aromatic rings. The molecule has 0 aromatic heterocycles. The predicted molar refractivity (Wildman–Crippen MR) is 88.3 cm³/mol. The van der Waals surface area contributed by atoms with Gasteiger partial charge in [0.2, 0.25) is 5.91 Å². The molecule has 3 amide bonds. The molecule has 126 valence electrons. The lowest BCUT2D eigenvalue weighted by Gasteiger charge is -2.18. The highest BCUT2D eigenvalue weighted by molar-refractivity contribution is 5.78. The normalized spacial score (nSPS) is 16.7. The van der Waals surface area contributed by atoms with Crippen LogP contribution in [-0.4, -0.2) is 31.1 Å². The summed E-state index contributed by atoms with van der Waals surface area (Å²) >= 11 is 0. The van der Waals surface area contributed by atoms with Crippen LogP contribution in [0.3, 0.4) is 0 Å². The topological polar surface area (TPSA) is 79.5 Å². The zero-order chi connectivity index (χ0) is 16.7. The summed E-state index contributed by atoms with van der Waals surface area (Å²) < 4.78 is 5.69. The molecule has 0 aliphatic carbocycles. The van der Waals surface area contributed by atoms with Gasteiger partial charge in [0.05, 0.1) is 12.6 Å². The molecule has 1 atom stereocenters. The van der Waals surface area contributed by atoms with Crippen molar-refractivity contribution in [1.29, 1.82) is 0 Å². The fourth-order valence-electron chi connectivity index (χ4n) is 2.57. The lowest BCUT2D eigenvalue weighted by atomic mass is 10.0. The summed E-state index contributed by atoms with van der Waals surface area (Å²) in [6.45, 7) is 4.79. The second-order valence-electron chi connectivity index (χ2n) is 5.95. The van der Waals surface area contributed by atoms with Crippen LogP contribution in [0.4, 0.5) is 4.79 Å². The van der Waals surface area contributed by atoms with Crippen LogP contribution in [0.5, 0.6) is 5.75 Å². The maximum absolute atomic E-state index is 12.0. The van der Waals surface area contributed by atoms with Crippen molar-refractivity contribution in [2.24, 2.45) is 0 Å².